The Morgan fingerprint density at radius 1 is 1.38 bits per heavy atom. The van der Waals surface area contributed by atoms with E-state index in [1.54, 1.807) is 24.1 Å². The number of ether oxygens (including phenoxy) is 1. The molecule has 8 heteroatoms. The molecule has 0 radical (unpaired) electrons. The first-order chi connectivity index (χ1) is 11.6. The Hall–Kier alpha value is -3.16. The van der Waals surface area contributed by atoms with Crippen molar-refractivity contribution in [3.63, 3.8) is 0 Å². The van der Waals surface area contributed by atoms with Crippen LogP contribution in [0.1, 0.15) is 29.3 Å². The summed E-state index contributed by atoms with van der Waals surface area (Å²) in [6, 6.07) is 8.92. The lowest BCUT2D eigenvalue weighted by Crippen LogP contribution is -2.28. The summed E-state index contributed by atoms with van der Waals surface area (Å²) in [4.78, 5) is 12.4. The van der Waals surface area contributed by atoms with Gasteiger partial charge in [-0.25, -0.2) is 0 Å². The Bertz CT molecular complexity index is 854. The summed E-state index contributed by atoms with van der Waals surface area (Å²) in [5.74, 6) is 1.11. The van der Waals surface area contributed by atoms with E-state index >= 15 is 0 Å². The van der Waals surface area contributed by atoms with Crippen LogP contribution in [0.15, 0.2) is 36.7 Å². The van der Waals surface area contributed by atoms with Gasteiger partial charge in [-0.15, -0.1) is 10.2 Å². The van der Waals surface area contributed by atoms with Crippen LogP contribution in [0.3, 0.4) is 0 Å². The Labute approximate surface area is 138 Å². The molecule has 0 saturated carbocycles. The number of aromatic amines is 1. The third-order valence-electron chi connectivity index (χ3n) is 3.69. The van der Waals surface area contributed by atoms with Gasteiger partial charge in [-0.05, 0) is 25.1 Å². The van der Waals surface area contributed by atoms with E-state index < -0.39 is 0 Å². The minimum absolute atomic E-state index is 0.265. The number of hydrogen-bond acceptors (Lipinski definition) is 5. The molecule has 0 fully saturated rings. The van der Waals surface area contributed by atoms with Crippen molar-refractivity contribution in [1.29, 1.82) is 0 Å². The molecule has 0 bridgehead atoms. The van der Waals surface area contributed by atoms with Crippen LogP contribution >= 0.6 is 0 Å². The molecule has 0 aliphatic heterocycles. The number of methoxy groups -OCH3 is 1. The van der Waals surface area contributed by atoms with Crippen molar-refractivity contribution in [3.8, 4) is 17.0 Å². The lowest BCUT2D eigenvalue weighted by Gasteiger charge is -2.11. The van der Waals surface area contributed by atoms with Crippen LogP contribution in [0.5, 0.6) is 5.75 Å². The van der Waals surface area contributed by atoms with Gasteiger partial charge in [0.05, 0.1) is 18.8 Å². The van der Waals surface area contributed by atoms with E-state index in [1.165, 1.54) is 0 Å². The Morgan fingerprint density at radius 3 is 2.88 bits per heavy atom. The standard InChI is InChI=1S/C16H18N6O2/c1-10(15-21-17-9-22(15)2)18-16(23)13-8-12(19-20-13)11-6-4-5-7-14(11)24-3/h4-10H,1-3H3,(H,18,23)(H,19,20)/t10-/m1/s1. The number of rotatable bonds is 5. The van der Waals surface area contributed by atoms with Gasteiger partial charge in [-0.3, -0.25) is 9.89 Å². The molecule has 0 spiro atoms. The molecule has 0 aliphatic carbocycles. The molecule has 0 saturated heterocycles. The molecule has 0 aliphatic rings. The van der Waals surface area contributed by atoms with Crippen molar-refractivity contribution in [3.05, 3.63) is 48.2 Å². The maximum atomic E-state index is 12.4. The average molecular weight is 326 g/mol. The number of H-pyrrole nitrogens is 1. The topological polar surface area (TPSA) is 97.7 Å². The highest BCUT2D eigenvalue weighted by Gasteiger charge is 2.18. The Morgan fingerprint density at radius 2 is 2.17 bits per heavy atom. The summed E-state index contributed by atoms with van der Waals surface area (Å²) >= 11 is 0. The molecule has 2 aromatic heterocycles. The minimum atomic E-state index is -0.275. The van der Waals surface area contributed by atoms with Gasteiger partial charge in [0.15, 0.2) is 5.82 Å². The summed E-state index contributed by atoms with van der Waals surface area (Å²) in [5.41, 5.74) is 1.82. The summed E-state index contributed by atoms with van der Waals surface area (Å²) in [7, 11) is 3.43. The third-order valence-corrected chi connectivity index (χ3v) is 3.69. The maximum absolute atomic E-state index is 12.4. The molecule has 1 aromatic carbocycles. The smallest absolute Gasteiger partial charge is 0.269 e. The van der Waals surface area contributed by atoms with Gasteiger partial charge in [0, 0.05) is 12.6 Å². The van der Waals surface area contributed by atoms with Gasteiger partial charge in [0.2, 0.25) is 0 Å². The number of nitrogens with zero attached hydrogens (tertiary/aromatic N) is 4. The minimum Gasteiger partial charge on any atom is -0.496 e. The predicted octanol–water partition coefficient (Wildman–Crippen LogP) is 1.70. The third kappa shape index (κ3) is 2.98. The van der Waals surface area contributed by atoms with Gasteiger partial charge in [0.25, 0.3) is 5.91 Å². The number of carbonyl (C=O) groups excluding carboxylic acids is 1. The van der Waals surface area contributed by atoms with Crippen LogP contribution in [0.25, 0.3) is 11.3 Å². The van der Waals surface area contributed by atoms with Gasteiger partial charge >= 0.3 is 0 Å². The zero-order chi connectivity index (χ0) is 17.1. The number of aromatic nitrogens is 5. The fraction of sp³-hybridized carbons (Fsp3) is 0.250. The van der Waals surface area contributed by atoms with Crippen molar-refractivity contribution in [2.75, 3.05) is 7.11 Å². The summed E-state index contributed by atoms with van der Waals surface area (Å²) in [5, 5.41) is 17.6. The first-order valence-electron chi connectivity index (χ1n) is 7.43. The number of benzene rings is 1. The van der Waals surface area contributed by atoms with Crippen LogP contribution in [-0.2, 0) is 7.05 Å². The van der Waals surface area contributed by atoms with Crippen molar-refractivity contribution in [2.24, 2.45) is 7.05 Å². The molecule has 0 unspecified atom stereocenters. The van der Waals surface area contributed by atoms with Gasteiger partial charge in [0.1, 0.15) is 17.8 Å². The molecule has 8 nitrogen and oxygen atoms in total. The highest BCUT2D eigenvalue weighted by molar-refractivity contribution is 5.93. The highest BCUT2D eigenvalue weighted by Crippen LogP contribution is 2.28. The van der Waals surface area contributed by atoms with Gasteiger partial charge in [-0.2, -0.15) is 5.10 Å². The number of carbonyl (C=O) groups is 1. The van der Waals surface area contributed by atoms with Crippen molar-refractivity contribution >= 4 is 5.91 Å². The van der Waals surface area contributed by atoms with E-state index in [1.807, 2.05) is 38.2 Å². The maximum Gasteiger partial charge on any atom is 0.269 e. The molecule has 2 N–H and O–H groups in total. The average Bonchev–Trinajstić information content (AvgIpc) is 3.23. The van der Waals surface area contributed by atoms with Crippen molar-refractivity contribution < 1.29 is 9.53 Å². The van der Waals surface area contributed by atoms with E-state index in [0.717, 1.165) is 5.56 Å². The van der Waals surface area contributed by atoms with E-state index in [2.05, 4.69) is 25.7 Å². The number of hydrogen-bond donors (Lipinski definition) is 2. The predicted molar refractivity (Wildman–Crippen MR) is 87.5 cm³/mol. The molecule has 24 heavy (non-hydrogen) atoms. The monoisotopic (exact) mass is 326 g/mol. The highest BCUT2D eigenvalue weighted by atomic mass is 16.5. The molecular formula is C16H18N6O2. The molecule has 3 rings (SSSR count). The quantitative estimate of drug-likeness (QED) is 0.744. The Kier molecular flexibility index (Phi) is 4.28. The van der Waals surface area contributed by atoms with Crippen molar-refractivity contribution in [1.82, 2.24) is 30.3 Å². The van der Waals surface area contributed by atoms with Crippen LogP contribution in [0.2, 0.25) is 0 Å². The van der Waals surface area contributed by atoms with Gasteiger partial charge in [-0.1, -0.05) is 12.1 Å². The SMILES string of the molecule is COc1ccccc1-c1cc(C(=O)N[C@H](C)c2nncn2C)[nH]n1. The molecule has 3 aromatic rings. The van der Waals surface area contributed by atoms with Gasteiger partial charge < -0.3 is 14.6 Å². The first-order valence-corrected chi connectivity index (χ1v) is 7.43. The molecule has 1 atom stereocenters. The number of para-hydroxylation sites is 1. The lowest BCUT2D eigenvalue weighted by molar-refractivity contribution is 0.0932. The van der Waals surface area contributed by atoms with Crippen LogP contribution in [0, 0.1) is 0 Å². The van der Waals surface area contributed by atoms with Crippen molar-refractivity contribution in [2.45, 2.75) is 13.0 Å². The summed E-state index contributed by atoms with van der Waals surface area (Å²) in [6.45, 7) is 1.85. The second kappa shape index (κ2) is 6.53. The molecule has 1 amide bonds. The van der Waals surface area contributed by atoms with E-state index in [9.17, 15) is 4.79 Å². The number of aryl methyl sites for hydroxylation is 1. The summed E-state index contributed by atoms with van der Waals surface area (Å²) in [6.07, 6.45) is 1.59. The van der Waals surface area contributed by atoms with Crippen LogP contribution < -0.4 is 10.1 Å². The van der Waals surface area contributed by atoms with E-state index in [-0.39, 0.29) is 11.9 Å². The lowest BCUT2D eigenvalue weighted by atomic mass is 10.1. The van der Waals surface area contributed by atoms with Crippen LogP contribution in [-0.4, -0.2) is 38.0 Å². The second-order valence-electron chi connectivity index (χ2n) is 5.36. The fourth-order valence-corrected chi connectivity index (χ4v) is 2.46. The van der Waals surface area contributed by atoms with E-state index in [4.69, 9.17) is 4.74 Å². The fourth-order valence-electron chi connectivity index (χ4n) is 2.46. The zero-order valence-electron chi connectivity index (χ0n) is 13.6. The number of nitrogens with one attached hydrogen (secondary N) is 2. The zero-order valence-corrected chi connectivity index (χ0v) is 13.6. The molecule has 124 valence electrons. The molecular weight excluding hydrogens is 308 g/mol. The van der Waals surface area contributed by atoms with E-state index in [0.29, 0.717) is 23.0 Å². The second-order valence-corrected chi connectivity index (χ2v) is 5.36. The molecule has 2 heterocycles. The first kappa shape index (κ1) is 15.7. The normalized spacial score (nSPS) is 12.0. The largest absolute Gasteiger partial charge is 0.496 e. The number of amides is 1. The Balaban J connectivity index is 1.78. The van der Waals surface area contributed by atoms with Crippen LogP contribution in [0.4, 0.5) is 0 Å². The summed E-state index contributed by atoms with van der Waals surface area (Å²) < 4.78 is 7.09.